The molecule has 0 spiro atoms. The quantitative estimate of drug-likeness (QED) is 0.443. The van der Waals surface area contributed by atoms with Crippen molar-refractivity contribution < 1.29 is 19.1 Å². The van der Waals surface area contributed by atoms with E-state index in [-0.39, 0.29) is 18.9 Å². The monoisotopic (exact) mass is 305 g/mol. The molecule has 1 aromatic carbocycles. The summed E-state index contributed by atoms with van der Waals surface area (Å²) in [6.07, 6.45) is 0.00446. The summed E-state index contributed by atoms with van der Waals surface area (Å²) in [5, 5.41) is 6.23. The van der Waals surface area contributed by atoms with Crippen molar-refractivity contribution in [2.45, 2.75) is 20.3 Å². The number of carbonyl (C=O) groups is 3. The molecular weight excluding hydrogens is 286 g/mol. The van der Waals surface area contributed by atoms with Gasteiger partial charge in [0.2, 0.25) is 0 Å². The summed E-state index contributed by atoms with van der Waals surface area (Å²) in [6.45, 7) is 3.40. The Kier molecular flexibility index (Phi) is 7.32. The lowest BCUT2D eigenvalue weighted by Gasteiger charge is -2.05. The third-order valence-corrected chi connectivity index (χ3v) is 2.52. The average Bonchev–Trinajstić information content (AvgIpc) is 2.51. The van der Waals surface area contributed by atoms with E-state index in [0.29, 0.717) is 17.9 Å². The van der Waals surface area contributed by atoms with Crippen LogP contribution in [0.2, 0.25) is 0 Å². The van der Waals surface area contributed by atoms with Crippen molar-refractivity contribution in [2.75, 3.05) is 13.2 Å². The van der Waals surface area contributed by atoms with E-state index in [2.05, 4.69) is 15.8 Å². The number of hydrazone groups is 1. The zero-order valence-corrected chi connectivity index (χ0v) is 12.6. The molecular formula is C15H19N3O4. The first-order chi connectivity index (χ1) is 10.5. The highest BCUT2D eigenvalue weighted by Crippen LogP contribution is 1.97. The second-order valence-electron chi connectivity index (χ2n) is 4.41. The Morgan fingerprint density at radius 3 is 2.50 bits per heavy atom. The normalized spacial score (nSPS) is 10.7. The lowest BCUT2D eigenvalue weighted by molar-refractivity contribution is -0.141. The van der Waals surface area contributed by atoms with E-state index in [1.54, 1.807) is 44.2 Å². The third-order valence-electron chi connectivity index (χ3n) is 2.52. The van der Waals surface area contributed by atoms with Gasteiger partial charge in [0.1, 0.15) is 0 Å². The largest absolute Gasteiger partial charge is 0.466 e. The van der Waals surface area contributed by atoms with Crippen LogP contribution in [-0.4, -0.2) is 36.6 Å². The summed E-state index contributed by atoms with van der Waals surface area (Å²) in [5.41, 5.74) is 3.15. The highest BCUT2D eigenvalue weighted by molar-refractivity contribution is 5.98. The zero-order valence-electron chi connectivity index (χ0n) is 12.6. The van der Waals surface area contributed by atoms with Crippen molar-refractivity contribution in [1.29, 1.82) is 0 Å². The van der Waals surface area contributed by atoms with Gasteiger partial charge in [-0.15, -0.1) is 0 Å². The summed E-state index contributed by atoms with van der Waals surface area (Å²) < 4.78 is 4.76. The van der Waals surface area contributed by atoms with Gasteiger partial charge in [0.15, 0.2) is 0 Å². The molecule has 0 radical (unpaired) electrons. The summed E-state index contributed by atoms with van der Waals surface area (Å²) >= 11 is 0. The Bertz CT molecular complexity index is 555. The maximum Gasteiger partial charge on any atom is 0.311 e. The van der Waals surface area contributed by atoms with Crippen LogP contribution in [0.4, 0.5) is 0 Å². The minimum Gasteiger partial charge on any atom is -0.466 e. The summed E-state index contributed by atoms with van der Waals surface area (Å²) in [6, 6.07) is 8.56. The number of benzene rings is 1. The Balaban J connectivity index is 2.34. The predicted molar refractivity (Wildman–Crippen MR) is 81.3 cm³/mol. The number of hydrogen-bond donors (Lipinski definition) is 2. The number of rotatable bonds is 7. The van der Waals surface area contributed by atoms with Gasteiger partial charge in [0.25, 0.3) is 11.8 Å². The number of carbonyl (C=O) groups excluding carboxylic acids is 3. The van der Waals surface area contributed by atoms with Gasteiger partial charge >= 0.3 is 5.97 Å². The summed E-state index contributed by atoms with van der Waals surface area (Å²) in [5.74, 6) is -1.23. The molecule has 22 heavy (non-hydrogen) atoms. The number of nitrogens with zero attached hydrogens (tertiary/aromatic N) is 1. The van der Waals surface area contributed by atoms with Crippen LogP contribution in [0.3, 0.4) is 0 Å². The number of nitrogens with one attached hydrogen (secondary N) is 2. The average molecular weight is 305 g/mol. The van der Waals surface area contributed by atoms with Crippen LogP contribution in [0.15, 0.2) is 35.4 Å². The smallest absolute Gasteiger partial charge is 0.311 e. The van der Waals surface area contributed by atoms with E-state index in [4.69, 9.17) is 4.74 Å². The highest BCUT2D eigenvalue weighted by atomic mass is 16.5. The maximum atomic E-state index is 11.7. The molecule has 2 N–H and O–H groups in total. The molecule has 7 heteroatoms. The fourth-order valence-electron chi connectivity index (χ4n) is 1.51. The molecule has 0 aromatic heterocycles. The number of ether oxygens (including phenoxy) is 1. The molecule has 0 aliphatic carbocycles. The van der Waals surface area contributed by atoms with Crippen LogP contribution in [0.5, 0.6) is 0 Å². The molecule has 7 nitrogen and oxygen atoms in total. The van der Waals surface area contributed by atoms with Crippen LogP contribution >= 0.6 is 0 Å². The van der Waals surface area contributed by atoms with Gasteiger partial charge in [-0.05, 0) is 26.0 Å². The van der Waals surface area contributed by atoms with Gasteiger partial charge in [-0.25, -0.2) is 5.43 Å². The van der Waals surface area contributed by atoms with Gasteiger partial charge in [-0.3, -0.25) is 14.4 Å². The Hall–Kier alpha value is -2.70. The Morgan fingerprint density at radius 1 is 1.18 bits per heavy atom. The van der Waals surface area contributed by atoms with Crippen molar-refractivity contribution in [3.8, 4) is 0 Å². The van der Waals surface area contributed by atoms with Crippen molar-refractivity contribution in [2.24, 2.45) is 5.10 Å². The number of esters is 1. The molecule has 2 amide bonds. The van der Waals surface area contributed by atoms with Gasteiger partial charge < -0.3 is 10.1 Å². The van der Waals surface area contributed by atoms with Gasteiger partial charge in [0.05, 0.1) is 19.6 Å². The minimum absolute atomic E-state index is 0.00446. The third kappa shape index (κ3) is 6.65. The van der Waals surface area contributed by atoms with Crippen molar-refractivity contribution in [3.63, 3.8) is 0 Å². The van der Waals surface area contributed by atoms with Gasteiger partial charge in [-0.1, -0.05) is 18.2 Å². The Morgan fingerprint density at radius 2 is 1.86 bits per heavy atom. The molecule has 0 fully saturated rings. The molecule has 0 saturated carbocycles. The molecule has 0 bridgehead atoms. The van der Waals surface area contributed by atoms with E-state index in [9.17, 15) is 14.4 Å². The van der Waals surface area contributed by atoms with Crippen molar-refractivity contribution in [1.82, 2.24) is 10.7 Å². The zero-order chi connectivity index (χ0) is 16.4. The van der Waals surface area contributed by atoms with E-state index in [1.165, 1.54) is 0 Å². The first-order valence-corrected chi connectivity index (χ1v) is 6.83. The fraction of sp³-hybridized carbons (Fsp3) is 0.333. The van der Waals surface area contributed by atoms with E-state index in [0.717, 1.165) is 0 Å². The second-order valence-corrected chi connectivity index (χ2v) is 4.41. The first-order valence-electron chi connectivity index (χ1n) is 6.83. The van der Waals surface area contributed by atoms with Crippen molar-refractivity contribution in [3.05, 3.63) is 35.9 Å². The molecule has 0 saturated heterocycles. The molecule has 0 unspecified atom stereocenters. The molecule has 118 valence electrons. The van der Waals surface area contributed by atoms with Gasteiger partial charge in [0, 0.05) is 11.3 Å². The summed E-state index contributed by atoms with van der Waals surface area (Å²) in [4.78, 5) is 34.5. The lowest BCUT2D eigenvalue weighted by Crippen LogP contribution is -2.35. The molecule has 0 heterocycles. The minimum atomic E-state index is -0.479. The molecule has 0 atom stereocenters. The topological polar surface area (TPSA) is 96.9 Å². The van der Waals surface area contributed by atoms with Crippen LogP contribution in [0.1, 0.15) is 30.6 Å². The molecule has 0 aliphatic heterocycles. The molecule has 1 rings (SSSR count). The molecule has 1 aromatic rings. The second kappa shape index (κ2) is 9.28. The van der Waals surface area contributed by atoms with Crippen LogP contribution in [0.25, 0.3) is 0 Å². The first kappa shape index (κ1) is 17.4. The van der Waals surface area contributed by atoms with Crippen LogP contribution < -0.4 is 10.7 Å². The fourth-order valence-corrected chi connectivity index (χ4v) is 1.51. The van der Waals surface area contributed by atoms with Crippen LogP contribution in [0, 0.1) is 0 Å². The van der Waals surface area contributed by atoms with E-state index < -0.39 is 11.9 Å². The van der Waals surface area contributed by atoms with Crippen molar-refractivity contribution >= 4 is 23.5 Å². The number of hydrogen-bond acceptors (Lipinski definition) is 5. The molecule has 0 aliphatic rings. The van der Waals surface area contributed by atoms with E-state index >= 15 is 0 Å². The van der Waals surface area contributed by atoms with E-state index in [1.807, 2.05) is 0 Å². The number of amides is 2. The summed E-state index contributed by atoms with van der Waals surface area (Å²) in [7, 11) is 0. The SMILES string of the molecule is CCOC(=O)CC(C)=NNC(=O)CNC(=O)c1ccccc1. The van der Waals surface area contributed by atoms with Gasteiger partial charge in [-0.2, -0.15) is 5.10 Å². The lowest BCUT2D eigenvalue weighted by atomic mass is 10.2. The predicted octanol–water partition coefficient (Wildman–Crippen LogP) is 0.862. The Labute approximate surface area is 128 Å². The highest BCUT2D eigenvalue weighted by Gasteiger charge is 2.08. The standard InChI is InChI=1S/C15H19N3O4/c1-3-22-14(20)9-11(2)17-18-13(19)10-16-15(21)12-7-5-4-6-8-12/h4-8H,3,9-10H2,1-2H3,(H,16,21)(H,18,19). The maximum absolute atomic E-state index is 11.7. The van der Waals surface area contributed by atoms with Crippen LogP contribution in [-0.2, 0) is 14.3 Å².